The maximum Gasteiger partial charge on any atom is 0.303 e. The molecule has 11 nitrogen and oxygen atoms in total. The van der Waals surface area contributed by atoms with E-state index >= 15 is 0 Å². The quantitative estimate of drug-likeness (QED) is 0.220. The molecule has 0 radical (unpaired) electrons. The molecule has 0 saturated carbocycles. The molecule has 1 aliphatic heterocycles. The third-order valence-corrected chi connectivity index (χ3v) is 6.30. The lowest BCUT2D eigenvalue weighted by atomic mass is 10.1. The van der Waals surface area contributed by atoms with E-state index < -0.39 is 47.7 Å². The van der Waals surface area contributed by atoms with Gasteiger partial charge in [-0.3, -0.25) is 19.0 Å². The second-order valence-corrected chi connectivity index (χ2v) is 9.19. The Morgan fingerprint density at radius 3 is 2.52 bits per heavy atom. The minimum atomic E-state index is -1.03. The average Bonchev–Trinajstić information content (AvgIpc) is 3.27. The van der Waals surface area contributed by atoms with E-state index in [-0.39, 0.29) is 17.0 Å². The van der Waals surface area contributed by atoms with E-state index in [1.54, 1.807) is 4.57 Å². The van der Waals surface area contributed by atoms with E-state index in [0.29, 0.717) is 16.9 Å². The highest BCUT2D eigenvalue weighted by Crippen LogP contribution is 2.42. The van der Waals surface area contributed by atoms with E-state index in [2.05, 4.69) is 15.0 Å². The molecule has 5 atom stereocenters. The molecule has 3 rings (SSSR count). The fourth-order valence-corrected chi connectivity index (χ4v) is 5.10. The third-order valence-electron chi connectivity index (χ3n) is 4.65. The Kier molecular flexibility index (Phi) is 8.38. The number of carbonyl (C=O) groups excluding carboxylic acids is 3. The fourth-order valence-electron chi connectivity index (χ4n) is 3.54. The maximum absolute atomic E-state index is 11.9. The van der Waals surface area contributed by atoms with Crippen LogP contribution in [0.15, 0.2) is 6.33 Å². The molecule has 2 aromatic heterocycles. The summed E-state index contributed by atoms with van der Waals surface area (Å²) in [6.45, 7) is 5.37. The number of nitrogens with zero attached hydrogens (tertiary/aromatic N) is 4. The van der Waals surface area contributed by atoms with Gasteiger partial charge in [-0.2, -0.15) is 16.7 Å². The molecule has 14 heteroatoms. The Morgan fingerprint density at radius 2 is 1.91 bits per heavy atom. The summed E-state index contributed by atoms with van der Waals surface area (Å²) in [5.74, 6) is -1.07. The molecule has 0 spiro atoms. The van der Waals surface area contributed by atoms with Crippen LogP contribution >= 0.6 is 35.0 Å². The number of esters is 3. The SMILES string of the molecule is CCS[C@H]1[C@@H](OC(C)=O)[C@H]([C@@H](COC(C)=O)OC(C)=O)O[C@@H]1n1cnc2c(Cl)nc(Cl)nc21. The summed E-state index contributed by atoms with van der Waals surface area (Å²) in [6.07, 6.45) is -2.11. The molecule has 1 saturated heterocycles. The first-order valence-corrected chi connectivity index (χ1v) is 11.7. The molecule has 1 fully saturated rings. The van der Waals surface area contributed by atoms with Crippen molar-refractivity contribution < 1.29 is 33.3 Å². The minimum absolute atomic E-state index is 0.0715. The molecule has 0 aromatic carbocycles. The highest BCUT2D eigenvalue weighted by molar-refractivity contribution is 7.99. The van der Waals surface area contributed by atoms with Gasteiger partial charge in [0.25, 0.3) is 0 Å². The van der Waals surface area contributed by atoms with Crippen LogP contribution in [0.5, 0.6) is 0 Å². The van der Waals surface area contributed by atoms with E-state index in [0.717, 1.165) is 0 Å². The van der Waals surface area contributed by atoms with E-state index in [1.165, 1.54) is 38.9 Å². The third kappa shape index (κ3) is 5.86. The fraction of sp³-hybridized carbons (Fsp3) is 0.579. The number of rotatable bonds is 8. The van der Waals surface area contributed by atoms with Crippen molar-refractivity contribution in [3.05, 3.63) is 16.8 Å². The zero-order chi connectivity index (χ0) is 24.3. The normalized spacial score (nSPS) is 23.3. The summed E-state index contributed by atoms with van der Waals surface area (Å²) in [6, 6.07) is 0. The first kappa shape index (κ1) is 25.5. The second-order valence-electron chi connectivity index (χ2n) is 7.04. The lowest BCUT2D eigenvalue weighted by molar-refractivity contribution is -0.176. The highest BCUT2D eigenvalue weighted by Gasteiger charge is 2.52. The van der Waals surface area contributed by atoms with Gasteiger partial charge in [0.15, 0.2) is 23.1 Å². The molecule has 180 valence electrons. The summed E-state index contributed by atoms with van der Waals surface area (Å²) in [5.41, 5.74) is 0.631. The Hall–Kier alpha value is -2.15. The van der Waals surface area contributed by atoms with Crippen molar-refractivity contribution in [1.29, 1.82) is 0 Å². The Balaban J connectivity index is 2.06. The van der Waals surface area contributed by atoms with Gasteiger partial charge in [-0.15, -0.1) is 0 Å². The van der Waals surface area contributed by atoms with Crippen molar-refractivity contribution in [3.8, 4) is 0 Å². The van der Waals surface area contributed by atoms with Crippen LogP contribution in [-0.4, -0.2) is 73.3 Å². The largest absolute Gasteiger partial charge is 0.462 e. The maximum atomic E-state index is 11.9. The van der Waals surface area contributed by atoms with Crippen LogP contribution in [0.3, 0.4) is 0 Å². The van der Waals surface area contributed by atoms with Crippen LogP contribution in [0.25, 0.3) is 11.2 Å². The van der Waals surface area contributed by atoms with Crippen molar-refractivity contribution in [1.82, 2.24) is 19.5 Å². The van der Waals surface area contributed by atoms with Gasteiger partial charge in [0.2, 0.25) is 5.28 Å². The van der Waals surface area contributed by atoms with Crippen LogP contribution in [0, 0.1) is 0 Å². The van der Waals surface area contributed by atoms with Crippen LogP contribution in [-0.2, 0) is 33.3 Å². The molecular weight excluding hydrogens is 499 g/mol. The first-order chi connectivity index (χ1) is 15.6. The lowest BCUT2D eigenvalue weighted by Crippen LogP contribution is -2.45. The van der Waals surface area contributed by atoms with E-state index in [9.17, 15) is 14.4 Å². The summed E-state index contributed by atoms with van der Waals surface area (Å²) < 4.78 is 24.0. The highest BCUT2D eigenvalue weighted by atomic mass is 35.5. The van der Waals surface area contributed by atoms with Crippen molar-refractivity contribution in [2.75, 3.05) is 12.4 Å². The van der Waals surface area contributed by atoms with Gasteiger partial charge in [0.1, 0.15) is 24.3 Å². The van der Waals surface area contributed by atoms with Gasteiger partial charge < -0.3 is 18.9 Å². The minimum Gasteiger partial charge on any atom is -0.462 e. The number of hydrogen-bond donors (Lipinski definition) is 0. The van der Waals surface area contributed by atoms with Crippen LogP contribution in [0.4, 0.5) is 0 Å². The molecule has 0 amide bonds. The molecule has 1 aliphatic rings. The van der Waals surface area contributed by atoms with Crippen LogP contribution in [0.2, 0.25) is 10.4 Å². The Bertz CT molecular complexity index is 1050. The lowest BCUT2D eigenvalue weighted by Gasteiger charge is -2.27. The monoisotopic (exact) mass is 520 g/mol. The van der Waals surface area contributed by atoms with Crippen LogP contribution in [0.1, 0.15) is 33.9 Å². The number of aromatic nitrogens is 4. The van der Waals surface area contributed by atoms with Gasteiger partial charge in [0, 0.05) is 20.8 Å². The van der Waals surface area contributed by atoms with Crippen molar-refractivity contribution in [2.45, 2.75) is 57.5 Å². The molecule has 0 N–H and O–H groups in total. The number of carbonyl (C=O) groups is 3. The molecule has 0 bridgehead atoms. The van der Waals surface area contributed by atoms with Crippen molar-refractivity contribution >= 4 is 64.0 Å². The topological polar surface area (TPSA) is 132 Å². The average molecular weight is 521 g/mol. The molecule has 0 aliphatic carbocycles. The summed E-state index contributed by atoms with van der Waals surface area (Å²) in [5, 5.41) is -0.459. The number of imidazole rings is 1. The Morgan fingerprint density at radius 1 is 1.18 bits per heavy atom. The number of thioether (sulfide) groups is 1. The summed E-state index contributed by atoms with van der Waals surface area (Å²) in [7, 11) is 0. The van der Waals surface area contributed by atoms with E-state index in [4.69, 9.17) is 42.1 Å². The second kappa shape index (κ2) is 10.9. The number of halogens is 2. The van der Waals surface area contributed by atoms with E-state index in [1.807, 2.05) is 6.92 Å². The zero-order valence-corrected chi connectivity index (χ0v) is 20.5. The molecular formula is C19H22Cl2N4O7S. The van der Waals surface area contributed by atoms with Crippen molar-refractivity contribution in [3.63, 3.8) is 0 Å². The molecule has 2 aromatic rings. The van der Waals surface area contributed by atoms with Gasteiger partial charge in [-0.1, -0.05) is 18.5 Å². The number of ether oxygens (including phenoxy) is 4. The molecule has 0 unspecified atom stereocenters. The van der Waals surface area contributed by atoms with Crippen LogP contribution < -0.4 is 0 Å². The number of fused-ring (bicyclic) bond motifs is 1. The van der Waals surface area contributed by atoms with Gasteiger partial charge in [-0.25, -0.2) is 9.97 Å². The zero-order valence-electron chi connectivity index (χ0n) is 18.2. The first-order valence-electron chi connectivity index (χ1n) is 9.92. The van der Waals surface area contributed by atoms with Gasteiger partial charge in [-0.05, 0) is 17.4 Å². The summed E-state index contributed by atoms with van der Waals surface area (Å²) >= 11 is 13.6. The summed E-state index contributed by atoms with van der Waals surface area (Å²) in [4.78, 5) is 47.5. The smallest absolute Gasteiger partial charge is 0.303 e. The number of hydrogen-bond acceptors (Lipinski definition) is 11. The molecule has 33 heavy (non-hydrogen) atoms. The predicted molar refractivity (Wildman–Crippen MR) is 119 cm³/mol. The predicted octanol–water partition coefficient (Wildman–Crippen LogP) is 2.58. The standard InChI is InChI=1S/C19H22Cl2N4O7S/c1-5-33-15-14(31-10(4)28)13(11(30-9(3)27)6-29-8(2)26)32-18(15)25-7-22-12-16(20)23-19(21)24-17(12)25/h7,11,13-15,18H,5-6H2,1-4H3/t11-,13+,14+,15+,18+/m1/s1. The Labute approximate surface area is 203 Å². The van der Waals surface area contributed by atoms with Gasteiger partial charge >= 0.3 is 17.9 Å². The van der Waals surface area contributed by atoms with Crippen molar-refractivity contribution in [2.24, 2.45) is 0 Å². The molecule has 3 heterocycles. The van der Waals surface area contributed by atoms with Gasteiger partial charge in [0.05, 0.1) is 11.6 Å².